The van der Waals surface area contributed by atoms with Crippen LogP contribution < -0.4 is 5.32 Å². The van der Waals surface area contributed by atoms with E-state index in [-0.39, 0.29) is 11.9 Å². The van der Waals surface area contributed by atoms with E-state index >= 15 is 0 Å². The van der Waals surface area contributed by atoms with Crippen molar-refractivity contribution in [2.75, 3.05) is 7.05 Å². The monoisotopic (exact) mass is 404 g/mol. The highest BCUT2D eigenvalue weighted by Gasteiger charge is 2.05. The van der Waals surface area contributed by atoms with E-state index in [0.29, 0.717) is 0 Å². The molecular weight excluding hydrogens is 359 g/mol. The zero-order valence-electron chi connectivity index (χ0n) is 20.7. The largest absolute Gasteiger partial charge is 0.313 e. The van der Waals surface area contributed by atoms with Crippen molar-refractivity contribution in [3.05, 3.63) is 54.0 Å². The number of nitrogens with one attached hydrogen (secondary N) is 1. The fraction of sp³-hybridized carbons (Fsp3) is 0.500. The maximum atomic E-state index is 12.8. The summed E-state index contributed by atoms with van der Waals surface area (Å²) in [5.41, 5.74) is 2.96. The number of hydrogen-bond donors (Lipinski definition) is 1. The summed E-state index contributed by atoms with van der Waals surface area (Å²) in [6, 6.07) is 10.7. The van der Waals surface area contributed by atoms with Crippen molar-refractivity contribution in [2.45, 2.75) is 75.3 Å². The molecule has 0 amide bonds. The number of hydrogen-bond acceptors (Lipinski definition) is 2. The Morgan fingerprint density at radius 1 is 0.828 bits per heavy atom. The Balaban J connectivity index is -0.000000221. The fourth-order valence-corrected chi connectivity index (χ4v) is 1.66. The summed E-state index contributed by atoms with van der Waals surface area (Å²) in [6.07, 6.45) is 9.78. The minimum atomic E-state index is -0.228. The summed E-state index contributed by atoms with van der Waals surface area (Å²) in [6.45, 7) is 20.6. The van der Waals surface area contributed by atoms with Gasteiger partial charge in [0.05, 0.1) is 5.69 Å². The Morgan fingerprint density at radius 3 is 1.62 bits per heavy atom. The van der Waals surface area contributed by atoms with Gasteiger partial charge < -0.3 is 5.32 Å². The molecule has 1 unspecified atom stereocenters. The van der Waals surface area contributed by atoms with Gasteiger partial charge in [-0.05, 0) is 61.9 Å². The minimum Gasteiger partial charge on any atom is -0.313 e. The van der Waals surface area contributed by atoms with Gasteiger partial charge in [-0.3, -0.25) is 4.98 Å². The Hall–Kier alpha value is -2.18. The van der Waals surface area contributed by atoms with Gasteiger partial charge in [0, 0.05) is 17.8 Å². The van der Waals surface area contributed by atoms with Crippen molar-refractivity contribution in [2.24, 2.45) is 5.92 Å². The van der Waals surface area contributed by atoms with E-state index in [2.05, 4.69) is 50.8 Å². The highest BCUT2D eigenvalue weighted by Crippen LogP contribution is 2.20. The summed E-state index contributed by atoms with van der Waals surface area (Å²) in [5, 5.41) is 3.18. The zero-order valence-corrected chi connectivity index (χ0v) is 20.7. The highest BCUT2D eigenvalue weighted by molar-refractivity contribution is 5.59. The molecule has 0 saturated heterocycles. The molecule has 1 N–H and O–H groups in total. The van der Waals surface area contributed by atoms with Crippen molar-refractivity contribution in [3.8, 4) is 24.1 Å². The Kier molecular flexibility index (Phi) is 30.6. The smallest absolute Gasteiger partial charge is 0.123 e. The lowest BCUT2D eigenvalue weighted by atomic mass is 10.1. The quantitative estimate of drug-likeness (QED) is 0.522. The normalized spacial score (nSPS) is 9.21. The third-order valence-corrected chi connectivity index (χ3v) is 2.86. The van der Waals surface area contributed by atoms with E-state index in [9.17, 15) is 4.39 Å². The van der Waals surface area contributed by atoms with Gasteiger partial charge in [-0.2, -0.15) is 0 Å². The fourth-order valence-electron chi connectivity index (χ4n) is 1.66. The predicted octanol–water partition coefficient (Wildman–Crippen LogP) is 8.16. The molecule has 0 radical (unpaired) electrons. The van der Waals surface area contributed by atoms with Crippen LogP contribution in [0.5, 0.6) is 0 Å². The number of aromatic nitrogens is 1. The second-order valence-corrected chi connectivity index (χ2v) is 5.72. The maximum absolute atomic E-state index is 12.8. The molecule has 0 aliphatic heterocycles. The Morgan fingerprint density at radius 2 is 1.24 bits per heavy atom. The number of rotatable bonds is 3. The first-order chi connectivity index (χ1) is 13.9. The highest BCUT2D eigenvalue weighted by atomic mass is 19.1. The summed E-state index contributed by atoms with van der Waals surface area (Å²) in [7, 11) is 1.92. The molecule has 166 valence electrons. The van der Waals surface area contributed by atoms with E-state index in [4.69, 9.17) is 0 Å². The second-order valence-electron chi connectivity index (χ2n) is 5.72. The van der Waals surface area contributed by atoms with Gasteiger partial charge in [-0.15, -0.1) is 12.8 Å². The van der Waals surface area contributed by atoms with Gasteiger partial charge in [0.2, 0.25) is 0 Å². The molecule has 1 heterocycles. The van der Waals surface area contributed by atoms with Gasteiger partial charge >= 0.3 is 0 Å². The van der Waals surface area contributed by atoms with E-state index in [1.807, 2.05) is 60.7 Å². The molecule has 0 spiro atoms. The molecule has 2 nitrogen and oxygen atoms in total. The van der Waals surface area contributed by atoms with Crippen molar-refractivity contribution in [1.82, 2.24) is 10.3 Å². The number of pyridine rings is 1. The summed E-state index contributed by atoms with van der Waals surface area (Å²) < 4.78 is 12.8. The van der Waals surface area contributed by atoms with Gasteiger partial charge in [-0.25, -0.2) is 4.39 Å². The summed E-state index contributed by atoms with van der Waals surface area (Å²) in [5.74, 6) is 0.605. The van der Waals surface area contributed by atoms with Crippen LogP contribution >= 0.6 is 0 Å². The van der Waals surface area contributed by atoms with E-state index in [0.717, 1.165) is 17.2 Å². The van der Waals surface area contributed by atoms with Crippen LogP contribution in [0.1, 0.15) is 80.8 Å². The first-order valence-electron chi connectivity index (χ1n) is 10.7. The molecule has 3 heteroatoms. The molecule has 1 aromatic heterocycles. The molecule has 0 saturated carbocycles. The molecule has 29 heavy (non-hydrogen) atoms. The lowest BCUT2D eigenvalue weighted by molar-refractivity contribution is 0.628. The van der Waals surface area contributed by atoms with Gasteiger partial charge in [-0.1, -0.05) is 62.3 Å². The molecule has 0 aliphatic carbocycles. The maximum Gasteiger partial charge on any atom is 0.123 e. The summed E-state index contributed by atoms with van der Waals surface area (Å²) in [4.78, 5) is 4.31. The Bertz CT molecular complexity index is 572. The van der Waals surface area contributed by atoms with Crippen LogP contribution in [0.15, 0.2) is 42.6 Å². The molecule has 0 bridgehead atoms. The number of halogens is 1. The van der Waals surface area contributed by atoms with Crippen molar-refractivity contribution in [3.63, 3.8) is 0 Å². The van der Waals surface area contributed by atoms with E-state index in [1.165, 1.54) is 17.7 Å². The standard InChI is InChI=1S/C14H15FN2.C4H10.3C2H6.C2H2/c1-10(16-2)12-7-8-17-14(9-12)11-3-5-13(15)6-4-11;1-4(2)3;4*1-2/h3-10,16H,1-2H3;4H,1-3H3;3*1-2H3;1-2H. The minimum absolute atomic E-state index is 0.228. The van der Waals surface area contributed by atoms with Crippen LogP contribution in [0.4, 0.5) is 4.39 Å². The molecule has 1 atom stereocenters. The third-order valence-electron chi connectivity index (χ3n) is 2.86. The molecule has 2 rings (SSSR count). The van der Waals surface area contributed by atoms with E-state index in [1.54, 1.807) is 18.3 Å². The van der Waals surface area contributed by atoms with Crippen LogP contribution in [-0.4, -0.2) is 12.0 Å². The first-order valence-corrected chi connectivity index (χ1v) is 10.7. The van der Waals surface area contributed by atoms with Crippen LogP contribution in [-0.2, 0) is 0 Å². The lowest BCUT2D eigenvalue weighted by Gasteiger charge is -2.11. The lowest BCUT2D eigenvalue weighted by Crippen LogP contribution is -2.12. The van der Waals surface area contributed by atoms with Crippen LogP contribution in [0.2, 0.25) is 0 Å². The molecule has 1 aromatic carbocycles. The molecular formula is C26H45FN2. The second kappa shape index (κ2) is 25.8. The van der Waals surface area contributed by atoms with Gasteiger partial charge in [0.15, 0.2) is 0 Å². The van der Waals surface area contributed by atoms with Crippen LogP contribution in [0.3, 0.4) is 0 Å². The zero-order chi connectivity index (χ0) is 23.8. The number of benzene rings is 1. The predicted molar refractivity (Wildman–Crippen MR) is 132 cm³/mol. The topological polar surface area (TPSA) is 24.9 Å². The van der Waals surface area contributed by atoms with Gasteiger partial charge in [0.25, 0.3) is 0 Å². The van der Waals surface area contributed by atoms with E-state index < -0.39 is 0 Å². The average molecular weight is 405 g/mol. The van der Waals surface area contributed by atoms with Gasteiger partial charge in [0.1, 0.15) is 5.82 Å². The van der Waals surface area contributed by atoms with Crippen molar-refractivity contribution in [1.29, 1.82) is 0 Å². The summed E-state index contributed by atoms with van der Waals surface area (Å²) >= 11 is 0. The molecule has 0 aliphatic rings. The van der Waals surface area contributed by atoms with Crippen LogP contribution in [0, 0.1) is 24.6 Å². The third kappa shape index (κ3) is 18.9. The first kappa shape index (κ1) is 34.3. The SMILES string of the molecule is C#C.CC.CC.CC.CC(C)C.CNC(C)c1ccnc(-c2ccc(F)cc2)c1. The Labute approximate surface area is 181 Å². The molecule has 0 fully saturated rings. The van der Waals surface area contributed by atoms with Crippen molar-refractivity contribution < 1.29 is 4.39 Å². The molecule has 2 aromatic rings. The average Bonchev–Trinajstić information content (AvgIpc) is 2.79. The number of nitrogens with zero attached hydrogens (tertiary/aromatic N) is 1. The number of terminal acetylenes is 1. The van der Waals surface area contributed by atoms with Crippen molar-refractivity contribution >= 4 is 0 Å². The van der Waals surface area contributed by atoms with Crippen LogP contribution in [0.25, 0.3) is 11.3 Å².